The van der Waals surface area contributed by atoms with E-state index in [0.717, 1.165) is 18.4 Å². The van der Waals surface area contributed by atoms with E-state index in [4.69, 9.17) is 9.47 Å². The van der Waals surface area contributed by atoms with Gasteiger partial charge in [-0.2, -0.15) is 11.3 Å². The maximum Gasteiger partial charge on any atom is 0.218 e. The van der Waals surface area contributed by atoms with Gasteiger partial charge in [0, 0.05) is 18.5 Å². The number of ether oxygens (including phenoxy) is 2. The number of nitrogens with zero attached hydrogens (tertiary/aromatic N) is 1. The van der Waals surface area contributed by atoms with Crippen molar-refractivity contribution in [2.24, 2.45) is 5.41 Å². The van der Waals surface area contributed by atoms with Gasteiger partial charge >= 0.3 is 0 Å². The average molecular weight is 345 g/mol. The third-order valence-corrected chi connectivity index (χ3v) is 7.14. The molecule has 0 radical (unpaired) electrons. The van der Waals surface area contributed by atoms with Gasteiger partial charge < -0.3 is 9.47 Å². The Bertz CT molecular complexity index is 589. The van der Waals surface area contributed by atoms with Gasteiger partial charge in [0.1, 0.15) is 0 Å². The largest absolute Gasteiger partial charge is 0.350 e. The van der Waals surface area contributed by atoms with Crippen LogP contribution in [-0.4, -0.2) is 44.8 Å². The molecular formula is C15H23NO4S2. The van der Waals surface area contributed by atoms with E-state index >= 15 is 0 Å². The summed E-state index contributed by atoms with van der Waals surface area (Å²) in [5, 5.41) is 3.81. The van der Waals surface area contributed by atoms with Gasteiger partial charge in [0.2, 0.25) is 10.0 Å². The topological polar surface area (TPSA) is 55.8 Å². The van der Waals surface area contributed by atoms with Gasteiger partial charge in [-0.25, -0.2) is 12.7 Å². The van der Waals surface area contributed by atoms with Crippen LogP contribution in [0.5, 0.6) is 0 Å². The van der Waals surface area contributed by atoms with Crippen molar-refractivity contribution in [2.75, 3.05) is 26.3 Å². The molecule has 0 atom stereocenters. The molecular weight excluding hydrogens is 322 g/mol. The lowest BCUT2D eigenvalue weighted by Crippen LogP contribution is -2.52. The van der Waals surface area contributed by atoms with E-state index in [-0.39, 0.29) is 11.2 Å². The summed E-state index contributed by atoms with van der Waals surface area (Å²) in [4.78, 5) is 0. The van der Waals surface area contributed by atoms with Crippen LogP contribution in [0.3, 0.4) is 0 Å². The van der Waals surface area contributed by atoms with E-state index in [1.807, 2.05) is 30.7 Å². The van der Waals surface area contributed by atoms with Gasteiger partial charge in [-0.3, -0.25) is 0 Å². The van der Waals surface area contributed by atoms with Crippen LogP contribution in [0.2, 0.25) is 0 Å². The lowest BCUT2D eigenvalue weighted by molar-refractivity contribution is -0.290. The Morgan fingerprint density at radius 3 is 2.41 bits per heavy atom. The van der Waals surface area contributed by atoms with Crippen molar-refractivity contribution in [1.82, 2.24) is 4.31 Å². The first kappa shape index (κ1) is 16.4. The molecule has 1 aromatic rings. The van der Waals surface area contributed by atoms with E-state index in [0.29, 0.717) is 26.3 Å². The molecule has 0 amide bonds. The summed E-state index contributed by atoms with van der Waals surface area (Å²) in [5.41, 5.74) is 0.848. The second-order valence-corrected chi connectivity index (χ2v) is 9.51. The number of hydrogen-bond acceptors (Lipinski definition) is 5. The third-order valence-electron chi connectivity index (χ3n) is 4.56. The summed E-state index contributed by atoms with van der Waals surface area (Å²) in [6.07, 6.45) is 1.60. The van der Waals surface area contributed by atoms with E-state index in [1.165, 1.54) is 11.3 Å². The SMILES string of the molecule is CC1(C)OCC2(CCN(S(=O)(=O)Cc3ccsc3)CC2)CO1. The van der Waals surface area contributed by atoms with Crippen LogP contribution >= 0.6 is 11.3 Å². The molecule has 0 N–H and O–H groups in total. The predicted molar refractivity (Wildman–Crippen MR) is 86.2 cm³/mol. The monoisotopic (exact) mass is 345 g/mol. The summed E-state index contributed by atoms with van der Waals surface area (Å²) in [7, 11) is -3.23. The Balaban J connectivity index is 1.60. The summed E-state index contributed by atoms with van der Waals surface area (Å²) < 4.78 is 38.2. The number of thiophene rings is 1. The molecule has 0 saturated carbocycles. The first-order chi connectivity index (χ1) is 10.3. The highest BCUT2D eigenvalue weighted by Crippen LogP contribution is 2.39. The Hall–Kier alpha value is -0.470. The molecule has 2 fully saturated rings. The number of sulfonamides is 1. The van der Waals surface area contributed by atoms with Crippen molar-refractivity contribution < 1.29 is 17.9 Å². The molecule has 22 heavy (non-hydrogen) atoms. The summed E-state index contributed by atoms with van der Waals surface area (Å²) in [6, 6.07) is 1.87. The first-order valence-electron chi connectivity index (χ1n) is 7.57. The zero-order valence-corrected chi connectivity index (χ0v) is 14.7. The van der Waals surface area contributed by atoms with Crippen LogP contribution in [0.4, 0.5) is 0 Å². The normalized spacial score (nSPS) is 25.4. The molecule has 5 nitrogen and oxygen atoms in total. The zero-order chi connectivity index (χ0) is 15.8. The van der Waals surface area contributed by atoms with E-state index in [9.17, 15) is 8.42 Å². The van der Waals surface area contributed by atoms with Gasteiger partial charge in [-0.1, -0.05) is 0 Å². The predicted octanol–water partition coefficient (Wildman–Crippen LogP) is 2.44. The fourth-order valence-corrected chi connectivity index (χ4v) is 5.24. The van der Waals surface area contributed by atoms with E-state index in [1.54, 1.807) is 4.31 Å². The molecule has 0 unspecified atom stereocenters. The van der Waals surface area contributed by atoms with Crippen LogP contribution in [-0.2, 0) is 25.2 Å². The fourth-order valence-electron chi connectivity index (χ4n) is 2.94. The third kappa shape index (κ3) is 3.54. The van der Waals surface area contributed by atoms with Crippen molar-refractivity contribution >= 4 is 21.4 Å². The van der Waals surface area contributed by atoms with E-state index < -0.39 is 15.8 Å². The number of hydrogen-bond donors (Lipinski definition) is 0. The van der Waals surface area contributed by atoms with Crippen molar-refractivity contribution in [3.8, 4) is 0 Å². The Labute approximate surface area is 136 Å². The zero-order valence-electron chi connectivity index (χ0n) is 13.1. The molecule has 1 spiro atoms. The maximum absolute atomic E-state index is 12.5. The minimum Gasteiger partial charge on any atom is -0.350 e. The molecule has 0 aliphatic carbocycles. The summed E-state index contributed by atoms with van der Waals surface area (Å²) in [6.45, 7) is 6.25. The Morgan fingerprint density at radius 1 is 1.23 bits per heavy atom. The highest BCUT2D eigenvalue weighted by atomic mass is 32.2. The molecule has 7 heteroatoms. The van der Waals surface area contributed by atoms with Crippen LogP contribution in [0, 0.1) is 5.41 Å². The maximum atomic E-state index is 12.5. The van der Waals surface area contributed by atoms with E-state index in [2.05, 4.69) is 0 Å². The summed E-state index contributed by atoms with van der Waals surface area (Å²) >= 11 is 1.53. The minimum absolute atomic E-state index is 0.0239. The molecule has 0 aromatic carbocycles. The smallest absolute Gasteiger partial charge is 0.218 e. The lowest BCUT2D eigenvalue weighted by Gasteiger charge is -2.47. The molecule has 1 aromatic heterocycles. The summed E-state index contributed by atoms with van der Waals surface area (Å²) in [5.74, 6) is -0.420. The standard InChI is InChI=1S/C15H23NO4S2/c1-14(2)19-11-15(12-20-14)4-6-16(7-5-15)22(17,18)10-13-3-8-21-9-13/h3,8-9H,4-7,10-12H2,1-2H3. The van der Waals surface area contributed by atoms with Crippen molar-refractivity contribution in [3.63, 3.8) is 0 Å². The van der Waals surface area contributed by atoms with Crippen LogP contribution < -0.4 is 0 Å². The van der Waals surface area contributed by atoms with Gasteiger partial charge in [0.05, 0.1) is 19.0 Å². The molecule has 124 valence electrons. The lowest BCUT2D eigenvalue weighted by atomic mass is 9.80. The first-order valence-corrected chi connectivity index (χ1v) is 10.1. The second-order valence-electron chi connectivity index (χ2n) is 6.76. The van der Waals surface area contributed by atoms with Crippen LogP contribution in [0.1, 0.15) is 32.3 Å². The fraction of sp³-hybridized carbons (Fsp3) is 0.733. The molecule has 3 rings (SSSR count). The van der Waals surface area contributed by atoms with Gasteiger partial charge in [-0.05, 0) is 49.1 Å². The van der Waals surface area contributed by atoms with Crippen molar-refractivity contribution in [1.29, 1.82) is 0 Å². The molecule has 2 saturated heterocycles. The quantitative estimate of drug-likeness (QED) is 0.844. The highest BCUT2D eigenvalue weighted by molar-refractivity contribution is 7.88. The van der Waals surface area contributed by atoms with Crippen LogP contribution in [0.15, 0.2) is 16.8 Å². The average Bonchev–Trinajstić information content (AvgIpc) is 2.95. The Kier molecular flexibility index (Phi) is 4.37. The number of piperidine rings is 1. The second kappa shape index (κ2) is 5.87. The van der Waals surface area contributed by atoms with Gasteiger partial charge in [0.25, 0.3) is 0 Å². The van der Waals surface area contributed by atoms with Gasteiger partial charge in [0.15, 0.2) is 5.79 Å². The number of rotatable bonds is 3. The molecule has 0 bridgehead atoms. The molecule has 2 aliphatic rings. The Morgan fingerprint density at radius 2 is 1.86 bits per heavy atom. The van der Waals surface area contributed by atoms with Crippen molar-refractivity contribution in [2.45, 2.75) is 38.2 Å². The van der Waals surface area contributed by atoms with Gasteiger partial charge in [-0.15, -0.1) is 0 Å². The molecule has 2 aliphatic heterocycles. The van der Waals surface area contributed by atoms with Crippen molar-refractivity contribution in [3.05, 3.63) is 22.4 Å². The molecule has 3 heterocycles. The minimum atomic E-state index is -3.23. The highest BCUT2D eigenvalue weighted by Gasteiger charge is 2.43. The van der Waals surface area contributed by atoms with Crippen LogP contribution in [0.25, 0.3) is 0 Å².